The van der Waals surface area contributed by atoms with E-state index in [1.807, 2.05) is 6.92 Å². The van der Waals surface area contributed by atoms with Crippen molar-refractivity contribution >= 4 is 12.1 Å². The monoisotopic (exact) mass is 282 g/mol. The molecular formula is C15H14N4O2. The van der Waals surface area contributed by atoms with Gasteiger partial charge in [-0.1, -0.05) is 6.07 Å². The topological polar surface area (TPSA) is 90.4 Å². The molecule has 0 bridgehead atoms. The lowest BCUT2D eigenvalue weighted by molar-refractivity contribution is 0.0954. The SMILES string of the molecule is Cc1c(/C=N\NC(=O)c2cccc(O)c2)cc(C#N)n1C. The Hall–Kier alpha value is -3.07. The first-order valence-electron chi connectivity index (χ1n) is 6.21. The summed E-state index contributed by atoms with van der Waals surface area (Å²) in [6.07, 6.45) is 1.48. The molecule has 0 spiro atoms. The zero-order chi connectivity index (χ0) is 15.4. The molecule has 6 heteroatoms. The number of aromatic nitrogens is 1. The molecule has 21 heavy (non-hydrogen) atoms. The van der Waals surface area contributed by atoms with Crippen molar-refractivity contribution in [2.75, 3.05) is 0 Å². The Labute approximate surface area is 121 Å². The van der Waals surface area contributed by atoms with Gasteiger partial charge in [0.05, 0.1) is 6.21 Å². The van der Waals surface area contributed by atoms with Gasteiger partial charge in [0.15, 0.2) is 0 Å². The largest absolute Gasteiger partial charge is 0.508 e. The minimum atomic E-state index is -0.420. The first-order chi connectivity index (χ1) is 10.0. The number of hydrogen-bond donors (Lipinski definition) is 2. The zero-order valence-electron chi connectivity index (χ0n) is 11.7. The summed E-state index contributed by atoms with van der Waals surface area (Å²) in [6, 6.07) is 9.76. The molecule has 0 aliphatic heterocycles. The van der Waals surface area contributed by atoms with Gasteiger partial charge in [-0.2, -0.15) is 10.4 Å². The lowest BCUT2D eigenvalue weighted by atomic mass is 10.2. The van der Waals surface area contributed by atoms with Crippen LogP contribution in [0.3, 0.4) is 0 Å². The maximum Gasteiger partial charge on any atom is 0.271 e. The van der Waals surface area contributed by atoms with Crippen molar-refractivity contribution in [1.29, 1.82) is 5.26 Å². The number of hydrogen-bond acceptors (Lipinski definition) is 4. The smallest absolute Gasteiger partial charge is 0.271 e. The number of amides is 1. The molecule has 0 radical (unpaired) electrons. The Bertz CT molecular complexity index is 754. The predicted molar refractivity (Wildman–Crippen MR) is 78.0 cm³/mol. The third kappa shape index (κ3) is 3.09. The number of nitriles is 1. The summed E-state index contributed by atoms with van der Waals surface area (Å²) >= 11 is 0. The van der Waals surface area contributed by atoms with Crippen LogP contribution in [0, 0.1) is 18.3 Å². The molecule has 0 saturated heterocycles. The van der Waals surface area contributed by atoms with Crippen LogP contribution in [0.2, 0.25) is 0 Å². The summed E-state index contributed by atoms with van der Waals surface area (Å²) in [5.74, 6) is -0.402. The Balaban J connectivity index is 2.10. The number of rotatable bonds is 3. The minimum Gasteiger partial charge on any atom is -0.508 e. The van der Waals surface area contributed by atoms with Crippen LogP contribution in [-0.2, 0) is 7.05 Å². The van der Waals surface area contributed by atoms with Crippen molar-refractivity contribution in [3.8, 4) is 11.8 Å². The van der Waals surface area contributed by atoms with Crippen molar-refractivity contribution in [2.24, 2.45) is 12.1 Å². The summed E-state index contributed by atoms with van der Waals surface area (Å²) in [5, 5.41) is 22.1. The maximum absolute atomic E-state index is 11.8. The molecular weight excluding hydrogens is 268 g/mol. The summed E-state index contributed by atoms with van der Waals surface area (Å²) < 4.78 is 1.75. The van der Waals surface area contributed by atoms with E-state index in [1.165, 1.54) is 18.3 Å². The van der Waals surface area contributed by atoms with Gasteiger partial charge in [0, 0.05) is 23.9 Å². The van der Waals surface area contributed by atoms with Gasteiger partial charge in [0.2, 0.25) is 0 Å². The van der Waals surface area contributed by atoms with Gasteiger partial charge in [-0.25, -0.2) is 5.43 Å². The molecule has 0 atom stereocenters. The van der Waals surface area contributed by atoms with Crippen LogP contribution in [0.25, 0.3) is 0 Å². The number of nitrogens with one attached hydrogen (secondary N) is 1. The van der Waals surface area contributed by atoms with Crippen LogP contribution in [-0.4, -0.2) is 21.8 Å². The Morgan fingerprint density at radius 1 is 1.48 bits per heavy atom. The highest BCUT2D eigenvalue weighted by Gasteiger charge is 2.07. The van der Waals surface area contributed by atoms with E-state index in [4.69, 9.17) is 5.26 Å². The molecule has 2 N–H and O–H groups in total. The lowest BCUT2D eigenvalue weighted by Gasteiger charge is -2.00. The summed E-state index contributed by atoms with van der Waals surface area (Å²) in [5.41, 5.74) is 4.84. The standard InChI is InChI=1S/C15H14N4O2/c1-10-12(6-13(8-16)19(10)2)9-17-18-15(21)11-4-3-5-14(20)7-11/h3-7,9,20H,1-2H3,(H,18,21)/b17-9-. The van der Waals surface area contributed by atoms with Crippen LogP contribution in [0.4, 0.5) is 0 Å². The van der Waals surface area contributed by atoms with E-state index in [9.17, 15) is 9.90 Å². The molecule has 0 unspecified atom stereocenters. The van der Waals surface area contributed by atoms with E-state index < -0.39 is 5.91 Å². The Morgan fingerprint density at radius 2 is 2.24 bits per heavy atom. The molecule has 1 heterocycles. The number of carbonyl (C=O) groups is 1. The lowest BCUT2D eigenvalue weighted by Crippen LogP contribution is -2.17. The van der Waals surface area contributed by atoms with Crippen LogP contribution >= 0.6 is 0 Å². The third-order valence-electron chi connectivity index (χ3n) is 3.17. The fraction of sp³-hybridized carbons (Fsp3) is 0.133. The number of nitrogens with zero attached hydrogens (tertiary/aromatic N) is 3. The normalized spacial score (nSPS) is 10.5. The molecule has 0 fully saturated rings. The molecule has 2 aromatic rings. The van der Waals surface area contributed by atoms with Gasteiger partial charge in [-0.3, -0.25) is 4.79 Å². The highest BCUT2D eigenvalue weighted by atomic mass is 16.3. The van der Waals surface area contributed by atoms with Gasteiger partial charge >= 0.3 is 0 Å². The van der Waals surface area contributed by atoms with E-state index in [2.05, 4.69) is 16.6 Å². The van der Waals surface area contributed by atoms with Gasteiger partial charge in [-0.05, 0) is 31.2 Å². The first kappa shape index (κ1) is 14.3. The minimum absolute atomic E-state index is 0.0178. The summed E-state index contributed by atoms with van der Waals surface area (Å²) in [4.78, 5) is 11.8. The second-order valence-corrected chi connectivity index (χ2v) is 4.49. The van der Waals surface area contributed by atoms with Crippen LogP contribution in [0.15, 0.2) is 35.4 Å². The molecule has 0 aliphatic carbocycles. The van der Waals surface area contributed by atoms with Crippen molar-refractivity contribution in [2.45, 2.75) is 6.92 Å². The van der Waals surface area contributed by atoms with Gasteiger partial charge in [0.1, 0.15) is 17.5 Å². The Kier molecular flexibility index (Phi) is 4.05. The van der Waals surface area contributed by atoms with Gasteiger partial charge < -0.3 is 9.67 Å². The number of phenolic OH excluding ortho intramolecular Hbond substituents is 1. The molecule has 0 saturated carbocycles. The number of carbonyl (C=O) groups excluding carboxylic acids is 1. The maximum atomic E-state index is 11.8. The molecule has 106 valence electrons. The van der Waals surface area contributed by atoms with E-state index >= 15 is 0 Å². The van der Waals surface area contributed by atoms with E-state index in [-0.39, 0.29) is 5.75 Å². The van der Waals surface area contributed by atoms with Crippen molar-refractivity contribution in [3.05, 3.63) is 52.8 Å². The summed E-state index contributed by atoms with van der Waals surface area (Å²) in [6.45, 7) is 1.86. The van der Waals surface area contributed by atoms with E-state index in [0.717, 1.165) is 11.3 Å². The van der Waals surface area contributed by atoms with Crippen LogP contribution < -0.4 is 5.43 Å². The van der Waals surface area contributed by atoms with Gasteiger partial charge in [-0.15, -0.1) is 0 Å². The fourth-order valence-corrected chi connectivity index (χ4v) is 1.83. The third-order valence-corrected chi connectivity index (χ3v) is 3.17. The Morgan fingerprint density at radius 3 is 2.86 bits per heavy atom. The summed E-state index contributed by atoms with van der Waals surface area (Å²) in [7, 11) is 1.79. The number of hydrazone groups is 1. The van der Waals surface area contributed by atoms with Gasteiger partial charge in [0.25, 0.3) is 5.91 Å². The van der Waals surface area contributed by atoms with Crippen molar-refractivity contribution in [1.82, 2.24) is 9.99 Å². The van der Waals surface area contributed by atoms with Crippen LogP contribution in [0.5, 0.6) is 5.75 Å². The van der Waals surface area contributed by atoms with Crippen molar-refractivity contribution in [3.63, 3.8) is 0 Å². The molecule has 1 amide bonds. The average molecular weight is 282 g/mol. The van der Waals surface area contributed by atoms with Crippen molar-refractivity contribution < 1.29 is 9.90 Å². The average Bonchev–Trinajstić information content (AvgIpc) is 2.75. The molecule has 1 aromatic heterocycles. The fourth-order valence-electron chi connectivity index (χ4n) is 1.83. The molecule has 2 rings (SSSR count). The number of aromatic hydroxyl groups is 1. The second-order valence-electron chi connectivity index (χ2n) is 4.49. The quantitative estimate of drug-likeness (QED) is 0.662. The zero-order valence-corrected chi connectivity index (χ0v) is 11.7. The highest BCUT2D eigenvalue weighted by molar-refractivity contribution is 5.95. The molecule has 1 aromatic carbocycles. The first-order valence-corrected chi connectivity index (χ1v) is 6.21. The predicted octanol–water partition coefficient (Wildman–Crippen LogP) is 1.67. The number of phenols is 1. The van der Waals surface area contributed by atoms with Crippen LogP contribution in [0.1, 0.15) is 27.3 Å². The molecule has 0 aliphatic rings. The highest BCUT2D eigenvalue weighted by Crippen LogP contribution is 2.12. The second kappa shape index (κ2) is 5.92. The number of benzene rings is 1. The molecule has 6 nitrogen and oxygen atoms in total. The van der Waals surface area contributed by atoms with E-state index in [0.29, 0.717) is 11.3 Å². The van der Waals surface area contributed by atoms with E-state index in [1.54, 1.807) is 29.8 Å².